The summed E-state index contributed by atoms with van der Waals surface area (Å²) in [6.45, 7) is 14.2. The number of rotatable bonds is 3. The van der Waals surface area contributed by atoms with Crippen LogP contribution in [-0.2, 0) is 0 Å². The number of piperidine rings is 1. The Labute approximate surface area is 113 Å². The van der Waals surface area contributed by atoms with Gasteiger partial charge in [0.25, 0.3) is 0 Å². The molecule has 2 N–H and O–H groups in total. The van der Waals surface area contributed by atoms with E-state index in [-0.39, 0.29) is 0 Å². The van der Waals surface area contributed by atoms with Gasteiger partial charge in [0.15, 0.2) is 0 Å². The van der Waals surface area contributed by atoms with Crippen LogP contribution in [0.15, 0.2) is 0 Å². The fraction of sp³-hybridized carbons (Fsp3) is 1.00. The maximum Gasteiger partial charge on any atom is 0.0387 e. The van der Waals surface area contributed by atoms with E-state index in [1.54, 1.807) is 0 Å². The molecule has 0 aromatic heterocycles. The minimum absolute atomic E-state index is 0.307. The van der Waals surface area contributed by atoms with Crippen molar-refractivity contribution in [3.63, 3.8) is 0 Å². The molecule has 3 nitrogen and oxygen atoms in total. The highest BCUT2D eigenvalue weighted by Gasteiger charge is 2.49. The SMILES string of the molecule is CC(C)CN1CCC2(CC1)C(N)CCN2C(C)C. The minimum atomic E-state index is 0.307. The molecule has 0 aromatic carbocycles. The van der Waals surface area contributed by atoms with Crippen LogP contribution >= 0.6 is 0 Å². The first-order valence-electron chi connectivity index (χ1n) is 7.70. The highest BCUT2D eigenvalue weighted by molar-refractivity contribution is 5.07. The van der Waals surface area contributed by atoms with Crippen LogP contribution in [0.2, 0.25) is 0 Å². The summed E-state index contributed by atoms with van der Waals surface area (Å²) in [7, 11) is 0. The van der Waals surface area contributed by atoms with Crippen LogP contribution < -0.4 is 5.73 Å². The molecule has 0 radical (unpaired) electrons. The van der Waals surface area contributed by atoms with E-state index >= 15 is 0 Å². The zero-order chi connectivity index (χ0) is 13.3. The largest absolute Gasteiger partial charge is 0.326 e. The Hall–Kier alpha value is -0.120. The first kappa shape index (κ1) is 14.3. The molecule has 0 amide bonds. The van der Waals surface area contributed by atoms with E-state index in [9.17, 15) is 0 Å². The number of nitrogens with zero attached hydrogens (tertiary/aromatic N) is 2. The third kappa shape index (κ3) is 2.59. The Kier molecular flexibility index (Phi) is 4.35. The molecule has 106 valence electrons. The van der Waals surface area contributed by atoms with Crippen LogP contribution in [-0.4, -0.2) is 53.6 Å². The van der Waals surface area contributed by atoms with Crippen molar-refractivity contribution in [1.82, 2.24) is 9.80 Å². The zero-order valence-electron chi connectivity index (χ0n) is 12.7. The number of likely N-dealkylation sites (tertiary alicyclic amines) is 2. The lowest BCUT2D eigenvalue weighted by Gasteiger charge is -2.49. The molecule has 0 aromatic rings. The second kappa shape index (κ2) is 5.48. The van der Waals surface area contributed by atoms with Gasteiger partial charge in [0, 0.05) is 30.7 Å². The van der Waals surface area contributed by atoms with E-state index in [0.717, 1.165) is 5.92 Å². The molecule has 18 heavy (non-hydrogen) atoms. The van der Waals surface area contributed by atoms with Crippen LogP contribution in [0.4, 0.5) is 0 Å². The lowest BCUT2D eigenvalue weighted by Crippen LogP contribution is -2.61. The van der Waals surface area contributed by atoms with Gasteiger partial charge in [-0.25, -0.2) is 0 Å². The second-order valence-corrected chi connectivity index (χ2v) is 6.98. The van der Waals surface area contributed by atoms with Crippen LogP contribution in [0, 0.1) is 5.92 Å². The normalized spacial score (nSPS) is 29.8. The molecule has 1 atom stereocenters. The van der Waals surface area contributed by atoms with Gasteiger partial charge in [-0.05, 0) is 52.1 Å². The summed E-state index contributed by atoms with van der Waals surface area (Å²) < 4.78 is 0. The topological polar surface area (TPSA) is 32.5 Å². The second-order valence-electron chi connectivity index (χ2n) is 6.98. The molecule has 0 aliphatic carbocycles. The van der Waals surface area contributed by atoms with Gasteiger partial charge < -0.3 is 10.6 Å². The van der Waals surface area contributed by atoms with Gasteiger partial charge >= 0.3 is 0 Å². The van der Waals surface area contributed by atoms with Gasteiger partial charge in [-0.15, -0.1) is 0 Å². The molecular weight excluding hydrogens is 222 g/mol. The fourth-order valence-corrected chi connectivity index (χ4v) is 4.05. The van der Waals surface area contributed by atoms with Crippen molar-refractivity contribution in [3.05, 3.63) is 0 Å². The van der Waals surface area contributed by atoms with Gasteiger partial charge in [-0.1, -0.05) is 13.8 Å². The Bertz CT molecular complexity index is 267. The van der Waals surface area contributed by atoms with Gasteiger partial charge in [-0.2, -0.15) is 0 Å². The van der Waals surface area contributed by atoms with E-state index in [2.05, 4.69) is 37.5 Å². The lowest BCUT2D eigenvalue weighted by atomic mass is 9.81. The molecule has 2 saturated heterocycles. The third-order valence-corrected chi connectivity index (χ3v) is 4.91. The highest BCUT2D eigenvalue weighted by Crippen LogP contribution is 2.39. The van der Waals surface area contributed by atoms with Crippen molar-refractivity contribution in [2.24, 2.45) is 11.7 Å². The molecule has 1 spiro atoms. The van der Waals surface area contributed by atoms with E-state index in [1.807, 2.05) is 0 Å². The summed E-state index contributed by atoms with van der Waals surface area (Å²) in [5, 5.41) is 0. The van der Waals surface area contributed by atoms with Crippen molar-refractivity contribution < 1.29 is 0 Å². The molecule has 3 heteroatoms. The minimum Gasteiger partial charge on any atom is -0.326 e. The van der Waals surface area contributed by atoms with E-state index in [0.29, 0.717) is 17.6 Å². The van der Waals surface area contributed by atoms with E-state index in [1.165, 1.54) is 45.4 Å². The average Bonchev–Trinajstić information content (AvgIpc) is 2.60. The van der Waals surface area contributed by atoms with Gasteiger partial charge in [0.1, 0.15) is 0 Å². The van der Waals surface area contributed by atoms with Crippen molar-refractivity contribution in [3.8, 4) is 0 Å². The first-order valence-corrected chi connectivity index (χ1v) is 7.70. The highest BCUT2D eigenvalue weighted by atomic mass is 15.3. The molecule has 2 rings (SSSR count). The summed E-state index contributed by atoms with van der Waals surface area (Å²) in [4.78, 5) is 5.31. The van der Waals surface area contributed by atoms with Crippen molar-refractivity contribution in [1.29, 1.82) is 0 Å². The molecule has 2 aliphatic rings. The summed E-state index contributed by atoms with van der Waals surface area (Å²) >= 11 is 0. The molecule has 1 unspecified atom stereocenters. The monoisotopic (exact) mass is 253 g/mol. The Morgan fingerprint density at radius 1 is 1.11 bits per heavy atom. The fourth-order valence-electron chi connectivity index (χ4n) is 4.05. The van der Waals surface area contributed by atoms with Crippen molar-refractivity contribution in [2.75, 3.05) is 26.2 Å². The predicted octanol–water partition coefficient (Wildman–Crippen LogP) is 1.92. The standard InChI is InChI=1S/C15H31N3/c1-12(2)11-17-9-6-15(7-10-17)14(16)5-8-18(15)13(3)4/h12-14H,5-11,16H2,1-4H3. The predicted molar refractivity (Wildman–Crippen MR) is 77.7 cm³/mol. The Morgan fingerprint density at radius 2 is 1.72 bits per heavy atom. The van der Waals surface area contributed by atoms with Crippen molar-refractivity contribution in [2.45, 2.75) is 64.6 Å². The molecule has 0 bridgehead atoms. The summed E-state index contributed by atoms with van der Waals surface area (Å²) in [5.74, 6) is 0.775. The van der Waals surface area contributed by atoms with Gasteiger partial charge in [0.2, 0.25) is 0 Å². The maximum atomic E-state index is 6.46. The lowest BCUT2D eigenvalue weighted by molar-refractivity contribution is 0.0216. The zero-order valence-corrected chi connectivity index (χ0v) is 12.7. The number of hydrogen-bond acceptors (Lipinski definition) is 3. The van der Waals surface area contributed by atoms with Crippen molar-refractivity contribution >= 4 is 0 Å². The Balaban J connectivity index is 2.00. The maximum absolute atomic E-state index is 6.46. The molecule has 0 saturated carbocycles. The van der Waals surface area contributed by atoms with Crippen LogP contribution in [0.1, 0.15) is 47.0 Å². The summed E-state index contributed by atoms with van der Waals surface area (Å²) in [6, 6.07) is 1.02. The Morgan fingerprint density at radius 3 is 2.22 bits per heavy atom. The number of hydrogen-bond donors (Lipinski definition) is 1. The van der Waals surface area contributed by atoms with Gasteiger partial charge in [0.05, 0.1) is 0 Å². The average molecular weight is 253 g/mol. The summed E-state index contributed by atoms with van der Waals surface area (Å²) in [6.07, 6.45) is 3.71. The molecule has 2 fully saturated rings. The van der Waals surface area contributed by atoms with E-state index in [4.69, 9.17) is 5.73 Å². The summed E-state index contributed by atoms with van der Waals surface area (Å²) in [5.41, 5.74) is 6.77. The van der Waals surface area contributed by atoms with Crippen LogP contribution in [0.3, 0.4) is 0 Å². The third-order valence-electron chi connectivity index (χ3n) is 4.91. The number of nitrogens with two attached hydrogens (primary N) is 1. The van der Waals surface area contributed by atoms with E-state index < -0.39 is 0 Å². The van der Waals surface area contributed by atoms with Crippen LogP contribution in [0.5, 0.6) is 0 Å². The quantitative estimate of drug-likeness (QED) is 0.834. The first-order chi connectivity index (χ1) is 8.45. The molecule has 2 heterocycles. The molecule has 2 aliphatic heterocycles. The smallest absolute Gasteiger partial charge is 0.0387 e. The van der Waals surface area contributed by atoms with Crippen LogP contribution in [0.25, 0.3) is 0 Å². The molecular formula is C15H31N3. The van der Waals surface area contributed by atoms with Gasteiger partial charge in [-0.3, -0.25) is 4.90 Å².